The number of nitrogens with one attached hydrogen (secondary N) is 1. The van der Waals surface area contributed by atoms with E-state index in [-0.39, 0.29) is 5.69 Å². The number of pyridine rings is 1. The number of aromatic carboxylic acids is 1. The second kappa shape index (κ2) is 7.07. The fourth-order valence-corrected chi connectivity index (χ4v) is 4.11. The highest BCUT2D eigenvalue weighted by Gasteiger charge is 2.41. The van der Waals surface area contributed by atoms with Crippen molar-refractivity contribution in [2.45, 2.75) is 37.8 Å². The minimum atomic E-state index is -1.00. The van der Waals surface area contributed by atoms with Crippen LogP contribution in [0.1, 0.15) is 47.9 Å². The van der Waals surface area contributed by atoms with E-state index in [1.807, 2.05) is 24.0 Å². The lowest BCUT2D eigenvalue weighted by molar-refractivity contribution is 0.0690. The van der Waals surface area contributed by atoms with Gasteiger partial charge in [-0.1, -0.05) is 6.07 Å². The zero-order valence-electron chi connectivity index (χ0n) is 15.0. The fraction of sp³-hybridized carbons (Fsp3) is 0.526. The van der Waals surface area contributed by atoms with Gasteiger partial charge < -0.3 is 10.4 Å². The van der Waals surface area contributed by atoms with Crippen molar-refractivity contribution >= 4 is 11.8 Å². The monoisotopic (exact) mass is 355 g/mol. The van der Waals surface area contributed by atoms with E-state index < -0.39 is 5.97 Å². The third-order valence-electron chi connectivity index (χ3n) is 5.49. The van der Waals surface area contributed by atoms with Gasteiger partial charge in [0.25, 0.3) is 0 Å². The van der Waals surface area contributed by atoms with Crippen LogP contribution in [-0.4, -0.2) is 49.9 Å². The molecule has 0 radical (unpaired) electrons. The summed E-state index contributed by atoms with van der Waals surface area (Å²) in [5, 5.41) is 16.9. The molecule has 138 valence electrons. The maximum Gasteiger partial charge on any atom is 0.354 e. The highest BCUT2D eigenvalue weighted by Crippen LogP contribution is 2.42. The van der Waals surface area contributed by atoms with E-state index in [1.165, 1.54) is 31.0 Å². The van der Waals surface area contributed by atoms with Gasteiger partial charge in [-0.2, -0.15) is 5.10 Å². The molecule has 7 nitrogen and oxygen atoms in total. The van der Waals surface area contributed by atoms with E-state index in [4.69, 9.17) is 5.11 Å². The summed E-state index contributed by atoms with van der Waals surface area (Å²) in [6.07, 6.45) is 6.79. The largest absolute Gasteiger partial charge is 0.477 e. The molecule has 1 aliphatic heterocycles. The Labute approximate surface area is 153 Å². The number of carboxylic acid groups (broad SMARTS) is 1. The van der Waals surface area contributed by atoms with Crippen molar-refractivity contribution in [2.24, 2.45) is 13.0 Å². The number of hydrogen-bond acceptors (Lipinski definition) is 5. The maximum absolute atomic E-state index is 11.1. The van der Waals surface area contributed by atoms with Gasteiger partial charge in [-0.3, -0.25) is 9.58 Å². The van der Waals surface area contributed by atoms with Gasteiger partial charge in [0.2, 0.25) is 0 Å². The number of nitrogens with zero attached hydrogens (tertiary/aromatic N) is 4. The molecule has 0 aromatic carbocycles. The van der Waals surface area contributed by atoms with Crippen molar-refractivity contribution in [3.63, 3.8) is 0 Å². The zero-order valence-corrected chi connectivity index (χ0v) is 15.0. The summed E-state index contributed by atoms with van der Waals surface area (Å²) in [7, 11) is 2.01. The molecule has 2 aromatic heterocycles. The van der Waals surface area contributed by atoms with Crippen molar-refractivity contribution in [2.75, 3.05) is 18.4 Å². The highest BCUT2D eigenvalue weighted by molar-refractivity contribution is 5.85. The first-order chi connectivity index (χ1) is 12.6. The molecule has 0 unspecified atom stereocenters. The average Bonchev–Trinajstić information content (AvgIpc) is 3.41. The molecule has 2 aliphatic rings. The summed E-state index contributed by atoms with van der Waals surface area (Å²) < 4.78 is 1.99. The number of likely N-dealkylation sites (tertiary alicyclic amines) is 1. The van der Waals surface area contributed by atoms with Gasteiger partial charge in [0.1, 0.15) is 5.82 Å². The minimum absolute atomic E-state index is 0.0708. The summed E-state index contributed by atoms with van der Waals surface area (Å²) in [4.78, 5) is 18.0. The molecular weight excluding hydrogens is 330 g/mol. The lowest BCUT2D eigenvalue weighted by atomic mass is 9.86. The number of aromatic nitrogens is 3. The van der Waals surface area contributed by atoms with E-state index in [0.29, 0.717) is 23.8 Å². The maximum atomic E-state index is 11.1. The van der Waals surface area contributed by atoms with Gasteiger partial charge in [0.15, 0.2) is 5.69 Å². The second-order valence-electron chi connectivity index (χ2n) is 7.29. The lowest BCUT2D eigenvalue weighted by Gasteiger charge is -2.41. The molecule has 0 amide bonds. The topological polar surface area (TPSA) is 83.3 Å². The number of hydrogen-bond donors (Lipinski definition) is 2. The van der Waals surface area contributed by atoms with Crippen molar-refractivity contribution in [1.29, 1.82) is 0 Å². The van der Waals surface area contributed by atoms with E-state index >= 15 is 0 Å². The normalized spacial score (nSPS) is 23.7. The van der Waals surface area contributed by atoms with Gasteiger partial charge in [0, 0.05) is 25.8 Å². The Kier molecular flexibility index (Phi) is 4.63. The highest BCUT2D eigenvalue weighted by atomic mass is 16.4. The SMILES string of the molecule is Cn1nccc1[C@H]1[C@H](CNc2cccc(C(=O)O)n2)CCCN1C1CC1. The van der Waals surface area contributed by atoms with Crippen LogP contribution in [0.3, 0.4) is 0 Å². The first-order valence-corrected chi connectivity index (χ1v) is 9.31. The first kappa shape index (κ1) is 17.0. The Morgan fingerprint density at radius 3 is 2.85 bits per heavy atom. The standard InChI is InChI=1S/C19H25N5O2/c1-23-16(9-10-21-23)18-13(4-3-11-24(18)14-7-8-14)12-20-17-6-2-5-15(22-17)19(25)26/h2,5-6,9-10,13-14,18H,3-4,7-8,11-12H2,1H3,(H,20,22)(H,25,26)/t13-,18+/m0/s1. The van der Waals surface area contributed by atoms with Crippen LogP contribution < -0.4 is 5.32 Å². The predicted molar refractivity (Wildman–Crippen MR) is 98.1 cm³/mol. The summed E-state index contributed by atoms with van der Waals surface area (Å²) in [5.41, 5.74) is 1.33. The number of rotatable bonds is 6. The van der Waals surface area contributed by atoms with Gasteiger partial charge in [-0.25, -0.2) is 9.78 Å². The first-order valence-electron chi connectivity index (χ1n) is 9.31. The summed E-state index contributed by atoms with van der Waals surface area (Å²) in [5.74, 6) is 0.0613. The average molecular weight is 355 g/mol. The predicted octanol–water partition coefficient (Wildman–Crippen LogP) is 2.54. The Morgan fingerprint density at radius 2 is 2.15 bits per heavy atom. The van der Waals surface area contributed by atoms with Crippen LogP contribution in [0.5, 0.6) is 0 Å². The van der Waals surface area contributed by atoms with Crippen molar-refractivity contribution in [1.82, 2.24) is 19.7 Å². The van der Waals surface area contributed by atoms with Crippen molar-refractivity contribution in [3.8, 4) is 0 Å². The molecule has 3 heterocycles. The minimum Gasteiger partial charge on any atom is -0.477 e. The van der Waals surface area contributed by atoms with E-state index in [0.717, 1.165) is 19.5 Å². The van der Waals surface area contributed by atoms with Gasteiger partial charge in [-0.15, -0.1) is 0 Å². The fourth-order valence-electron chi connectivity index (χ4n) is 4.11. The number of piperidine rings is 1. The molecule has 2 aromatic rings. The van der Waals surface area contributed by atoms with Crippen LogP contribution in [0.2, 0.25) is 0 Å². The Bertz CT molecular complexity index is 786. The summed E-state index contributed by atoms with van der Waals surface area (Å²) in [6, 6.07) is 8.25. The molecule has 2 N–H and O–H groups in total. The molecule has 4 rings (SSSR count). The van der Waals surface area contributed by atoms with E-state index in [9.17, 15) is 4.79 Å². The van der Waals surface area contributed by atoms with E-state index in [1.54, 1.807) is 6.07 Å². The number of anilines is 1. The smallest absolute Gasteiger partial charge is 0.354 e. The number of aryl methyl sites for hydroxylation is 1. The van der Waals surface area contributed by atoms with Gasteiger partial charge in [0.05, 0.1) is 11.7 Å². The Morgan fingerprint density at radius 1 is 1.31 bits per heavy atom. The second-order valence-corrected chi connectivity index (χ2v) is 7.29. The number of carboxylic acids is 1. The molecule has 1 saturated heterocycles. The summed E-state index contributed by atoms with van der Waals surface area (Å²) >= 11 is 0. The van der Waals surface area contributed by atoms with Gasteiger partial charge in [-0.05, 0) is 56.3 Å². The zero-order chi connectivity index (χ0) is 18.1. The molecule has 2 atom stereocenters. The molecule has 0 bridgehead atoms. The lowest BCUT2D eigenvalue weighted by Crippen LogP contribution is -2.43. The van der Waals surface area contributed by atoms with Crippen LogP contribution in [0.4, 0.5) is 5.82 Å². The molecule has 2 fully saturated rings. The molecule has 26 heavy (non-hydrogen) atoms. The van der Waals surface area contributed by atoms with Crippen LogP contribution in [0.15, 0.2) is 30.5 Å². The Hall–Kier alpha value is -2.41. The third kappa shape index (κ3) is 3.44. The van der Waals surface area contributed by atoms with Crippen molar-refractivity contribution in [3.05, 3.63) is 41.9 Å². The Balaban J connectivity index is 1.52. The third-order valence-corrected chi connectivity index (χ3v) is 5.49. The van der Waals surface area contributed by atoms with Crippen LogP contribution >= 0.6 is 0 Å². The van der Waals surface area contributed by atoms with Crippen molar-refractivity contribution < 1.29 is 9.90 Å². The summed E-state index contributed by atoms with van der Waals surface area (Å²) in [6.45, 7) is 1.92. The van der Waals surface area contributed by atoms with Crippen LogP contribution in [0.25, 0.3) is 0 Å². The molecular formula is C19H25N5O2. The molecule has 1 saturated carbocycles. The van der Waals surface area contributed by atoms with Crippen LogP contribution in [0, 0.1) is 5.92 Å². The van der Waals surface area contributed by atoms with E-state index in [2.05, 4.69) is 26.4 Å². The molecule has 0 spiro atoms. The molecule has 7 heteroatoms. The van der Waals surface area contributed by atoms with Gasteiger partial charge >= 0.3 is 5.97 Å². The van der Waals surface area contributed by atoms with Crippen LogP contribution in [-0.2, 0) is 7.05 Å². The molecule has 1 aliphatic carbocycles. The number of carbonyl (C=O) groups is 1. The quantitative estimate of drug-likeness (QED) is 0.828.